The molecular weight excluding hydrogens is 849 g/mol. The second kappa shape index (κ2) is 21.9. The molecule has 4 aromatic rings. The number of pyridine rings is 1. The lowest BCUT2D eigenvalue weighted by atomic mass is 9.90. The first-order chi connectivity index (χ1) is 32.6. The van der Waals surface area contributed by atoms with Gasteiger partial charge in [0.15, 0.2) is 0 Å². The second-order valence-corrected chi connectivity index (χ2v) is 17.8. The smallest absolute Gasteiger partial charge is 0.322 e. The molecule has 1 aliphatic carbocycles. The number of piperazine rings is 1. The molecule has 1 saturated carbocycles. The summed E-state index contributed by atoms with van der Waals surface area (Å²) >= 11 is 0. The SMILES string of the molecule is N#Cc1ccc(NC2CCC(N(C(=O)NCc3ccccc3)c3ccc(N4CCN(CCCCCCCC(=O)Nc5cccc6c5C(=O)N(C5CCC(=O)NC5=O)C6=O)CC4)cc3)CC2)nc1. The molecule has 7 amide bonds. The number of nitriles is 1. The second-order valence-electron chi connectivity index (χ2n) is 17.8. The number of nitrogens with zero attached hydrogens (tertiary/aromatic N) is 6. The van der Waals surface area contributed by atoms with Gasteiger partial charge in [0.25, 0.3) is 11.8 Å². The first-order valence-electron chi connectivity index (χ1n) is 23.6. The van der Waals surface area contributed by atoms with E-state index in [1.165, 1.54) is 6.07 Å². The van der Waals surface area contributed by atoms with Gasteiger partial charge in [-0.15, -0.1) is 0 Å². The van der Waals surface area contributed by atoms with Crippen molar-refractivity contribution in [3.8, 4) is 6.07 Å². The Hall–Kier alpha value is -7.12. The number of fused-ring (bicyclic) bond motifs is 1. The molecule has 1 atom stereocenters. The minimum atomic E-state index is -1.07. The van der Waals surface area contributed by atoms with Crippen LogP contribution < -0.4 is 31.1 Å². The summed E-state index contributed by atoms with van der Waals surface area (Å²) in [6.07, 6.45) is 10.2. The summed E-state index contributed by atoms with van der Waals surface area (Å²) in [6, 6.07) is 27.9. The molecule has 0 spiro atoms. The number of rotatable bonds is 17. The normalized spacial score (nSPS) is 19.6. The number of hydrogen-bond donors (Lipinski definition) is 4. The van der Waals surface area contributed by atoms with E-state index >= 15 is 0 Å². The third-order valence-electron chi connectivity index (χ3n) is 13.3. The van der Waals surface area contributed by atoms with E-state index in [1.807, 2.05) is 41.3 Å². The van der Waals surface area contributed by atoms with E-state index in [4.69, 9.17) is 5.26 Å². The lowest BCUT2D eigenvalue weighted by Gasteiger charge is -2.38. The fraction of sp³-hybridized carbons (Fsp3) is 0.412. The predicted molar refractivity (Wildman–Crippen MR) is 254 cm³/mol. The molecular formula is C51H58N10O6. The van der Waals surface area contributed by atoms with Gasteiger partial charge in [0.2, 0.25) is 17.7 Å². The van der Waals surface area contributed by atoms with Crippen LogP contribution in [0.2, 0.25) is 0 Å². The Morgan fingerprint density at radius 3 is 2.25 bits per heavy atom. The van der Waals surface area contributed by atoms with Crippen LogP contribution in [0.4, 0.5) is 27.7 Å². The number of carbonyl (C=O) groups excluding carboxylic acids is 6. The molecule has 16 heteroatoms. The molecule has 4 heterocycles. The predicted octanol–water partition coefficient (Wildman–Crippen LogP) is 6.60. The third kappa shape index (κ3) is 11.5. The zero-order chi connectivity index (χ0) is 46.7. The number of urea groups is 1. The molecule has 1 unspecified atom stereocenters. The molecule has 67 heavy (non-hydrogen) atoms. The van der Waals surface area contributed by atoms with Crippen LogP contribution >= 0.6 is 0 Å². The molecule has 4 aliphatic rings. The maximum absolute atomic E-state index is 13.9. The Morgan fingerprint density at radius 2 is 1.54 bits per heavy atom. The standard InChI is InChI=1S/C51H58N10O6/c52-32-36-15-25-44(53-34-36)55-37-16-18-39(19-17-37)60(51(67)54-33-35-10-5-4-6-11-35)40-22-20-38(21-23-40)59-30-28-58(29-31-59)27-8-3-1-2-7-14-45(62)56-42-13-9-12-41-47(42)50(66)61(49(41)65)43-24-26-46(63)57-48(43)64/h4-6,9-13,15,20-23,25,34,37,39,43H,1-3,7-8,14,16-19,24,26-31,33H2,(H,53,55)(H,54,67)(H,56,62)(H,57,63,64). The number of aromatic nitrogens is 1. The van der Waals surface area contributed by atoms with Crippen LogP contribution in [0.25, 0.3) is 0 Å². The number of piperidine rings is 1. The van der Waals surface area contributed by atoms with Gasteiger partial charge < -0.3 is 20.9 Å². The van der Waals surface area contributed by atoms with Crippen molar-refractivity contribution in [1.82, 2.24) is 25.4 Å². The highest BCUT2D eigenvalue weighted by Crippen LogP contribution is 2.34. The van der Waals surface area contributed by atoms with Crippen molar-refractivity contribution in [2.75, 3.05) is 53.2 Å². The Labute approximate surface area is 391 Å². The zero-order valence-corrected chi connectivity index (χ0v) is 37.8. The molecule has 2 saturated heterocycles. The summed E-state index contributed by atoms with van der Waals surface area (Å²) < 4.78 is 0. The van der Waals surface area contributed by atoms with Crippen molar-refractivity contribution in [2.45, 2.75) is 102 Å². The number of amides is 7. The minimum Gasteiger partial charge on any atom is -0.369 e. The molecule has 0 radical (unpaired) electrons. The van der Waals surface area contributed by atoms with Gasteiger partial charge in [-0.25, -0.2) is 9.78 Å². The van der Waals surface area contributed by atoms with Gasteiger partial charge in [0.05, 0.1) is 22.4 Å². The summed E-state index contributed by atoms with van der Waals surface area (Å²) in [4.78, 5) is 89.5. The van der Waals surface area contributed by atoms with E-state index in [-0.39, 0.29) is 60.1 Å². The molecule has 4 N–H and O–H groups in total. The topological polar surface area (TPSA) is 200 Å². The van der Waals surface area contributed by atoms with Gasteiger partial charge in [-0.3, -0.25) is 44.0 Å². The van der Waals surface area contributed by atoms with Crippen molar-refractivity contribution in [3.63, 3.8) is 0 Å². The van der Waals surface area contributed by atoms with E-state index in [1.54, 1.807) is 24.4 Å². The molecule has 348 valence electrons. The third-order valence-corrected chi connectivity index (χ3v) is 13.3. The Kier molecular flexibility index (Phi) is 15.2. The summed E-state index contributed by atoms with van der Waals surface area (Å²) in [7, 11) is 0. The van der Waals surface area contributed by atoms with Gasteiger partial charge in [-0.1, -0.05) is 55.7 Å². The maximum Gasteiger partial charge on any atom is 0.322 e. The van der Waals surface area contributed by atoms with E-state index in [2.05, 4.69) is 66.4 Å². The van der Waals surface area contributed by atoms with Crippen molar-refractivity contribution < 1.29 is 28.8 Å². The number of nitrogens with one attached hydrogen (secondary N) is 4. The molecule has 3 aromatic carbocycles. The molecule has 0 bridgehead atoms. The van der Waals surface area contributed by atoms with Crippen molar-refractivity contribution >= 4 is 58.4 Å². The maximum atomic E-state index is 13.9. The number of anilines is 4. The van der Waals surface area contributed by atoms with Crippen LogP contribution in [0, 0.1) is 11.3 Å². The highest BCUT2D eigenvalue weighted by atomic mass is 16.2. The first kappa shape index (κ1) is 46.4. The average Bonchev–Trinajstić information content (AvgIpc) is 3.60. The van der Waals surface area contributed by atoms with Crippen LogP contribution in [0.15, 0.2) is 91.1 Å². The van der Waals surface area contributed by atoms with E-state index in [0.29, 0.717) is 18.5 Å². The number of imide groups is 2. The molecule has 8 rings (SSSR count). The molecule has 3 fully saturated rings. The minimum absolute atomic E-state index is 0.0344. The fourth-order valence-corrected chi connectivity index (χ4v) is 9.62. The molecule has 1 aromatic heterocycles. The zero-order valence-electron chi connectivity index (χ0n) is 37.8. The monoisotopic (exact) mass is 906 g/mol. The van der Waals surface area contributed by atoms with Crippen LogP contribution in [-0.2, 0) is 20.9 Å². The summed E-state index contributed by atoms with van der Waals surface area (Å²) in [5, 5.41) is 20.8. The van der Waals surface area contributed by atoms with E-state index in [9.17, 15) is 28.8 Å². The van der Waals surface area contributed by atoms with E-state index < -0.39 is 29.7 Å². The summed E-state index contributed by atoms with van der Waals surface area (Å²) in [5.74, 6) is -1.86. The molecule has 3 aliphatic heterocycles. The Balaban J connectivity index is 0.750. The largest absolute Gasteiger partial charge is 0.369 e. The van der Waals surface area contributed by atoms with Gasteiger partial charge in [0, 0.05) is 75.2 Å². The summed E-state index contributed by atoms with van der Waals surface area (Å²) in [5.41, 5.74) is 4.06. The highest BCUT2D eigenvalue weighted by molar-refractivity contribution is 6.26. The van der Waals surface area contributed by atoms with Gasteiger partial charge in [-0.2, -0.15) is 5.26 Å². The lowest BCUT2D eigenvalue weighted by molar-refractivity contribution is -0.136. The average molecular weight is 907 g/mol. The fourth-order valence-electron chi connectivity index (χ4n) is 9.62. The number of hydrogen-bond acceptors (Lipinski definition) is 11. The van der Waals surface area contributed by atoms with E-state index in [0.717, 1.165) is 112 Å². The van der Waals surface area contributed by atoms with Crippen molar-refractivity contribution in [3.05, 3.63) is 113 Å². The Morgan fingerprint density at radius 1 is 0.791 bits per heavy atom. The number of carbonyl (C=O) groups is 6. The first-order valence-corrected chi connectivity index (χ1v) is 23.6. The van der Waals surface area contributed by atoms with Crippen molar-refractivity contribution in [2.24, 2.45) is 0 Å². The van der Waals surface area contributed by atoms with Crippen LogP contribution in [0.3, 0.4) is 0 Å². The van der Waals surface area contributed by atoms with Crippen LogP contribution in [-0.4, -0.2) is 101 Å². The van der Waals surface area contributed by atoms with Crippen LogP contribution in [0.5, 0.6) is 0 Å². The lowest BCUT2D eigenvalue weighted by Crippen LogP contribution is -2.54. The summed E-state index contributed by atoms with van der Waals surface area (Å²) in [6.45, 7) is 5.23. The number of benzene rings is 3. The molecule has 16 nitrogen and oxygen atoms in total. The quantitative estimate of drug-likeness (QED) is 0.0658. The number of unbranched alkanes of at least 4 members (excludes halogenated alkanes) is 4. The van der Waals surface area contributed by atoms with Gasteiger partial charge >= 0.3 is 6.03 Å². The highest BCUT2D eigenvalue weighted by Gasteiger charge is 2.45. The van der Waals surface area contributed by atoms with Crippen molar-refractivity contribution in [1.29, 1.82) is 5.26 Å². The Bertz CT molecular complexity index is 2460. The van der Waals surface area contributed by atoms with Gasteiger partial charge in [-0.05, 0) is 106 Å². The van der Waals surface area contributed by atoms with Crippen LogP contribution in [0.1, 0.15) is 109 Å². The van der Waals surface area contributed by atoms with Gasteiger partial charge in [0.1, 0.15) is 17.9 Å².